The van der Waals surface area contributed by atoms with Gasteiger partial charge in [-0.15, -0.1) is 0 Å². The van der Waals surface area contributed by atoms with E-state index in [0.29, 0.717) is 10.6 Å². The zero-order valence-corrected chi connectivity index (χ0v) is 12.2. The molecule has 5 heteroatoms. The van der Waals surface area contributed by atoms with Gasteiger partial charge in [0, 0.05) is 5.02 Å². The molecule has 1 aromatic carbocycles. The lowest BCUT2D eigenvalue weighted by Crippen LogP contribution is -2.57. The fraction of sp³-hybridized carbons (Fsp3) is 0.333. The summed E-state index contributed by atoms with van der Waals surface area (Å²) < 4.78 is 0. The summed E-state index contributed by atoms with van der Waals surface area (Å²) in [6.07, 6.45) is 2.41. The van der Waals surface area contributed by atoms with Crippen LogP contribution in [0.4, 0.5) is 0 Å². The summed E-state index contributed by atoms with van der Waals surface area (Å²) >= 11 is 6.04. The predicted molar refractivity (Wildman–Crippen MR) is 79.0 cm³/mol. The van der Waals surface area contributed by atoms with Gasteiger partial charge >= 0.3 is 0 Å². The van der Waals surface area contributed by atoms with Crippen molar-refractivity contribution >= 4 is 29.5 Å². The van der Waals surface area contributed by atoms with Crippen molar-refractivity contribution in [2.75, 3.05) is 0 Å². The Balaban J connectivity index is 2.23. The van der Waals surface area contributed by atoms with E-state index in [1.54, 1.807) is 18.2 Å². The molecule has 2 atom stereocenters. The topological polar surface area (TPSA) is 58.2 Å². The van der Waals surface area contributed by atoms with Crippen LogP contribution in [0, 0.1) is 5.92 Å². The number of carbonyl (C=O) groups excluding carboxylic acids is 2. The summed E-state index contributed by atoms with van der Waals surface area (Å²) in [7, 11) is 0. The number of halogens is 1. The molecular weight excluding hydrogens is 276 g/mol. The van der Waals surface area contributed by atoms with Crippen molar-refractivity contribution in [2.24, 2.45) is 5.92 Å². The predicted octanol–water partition coefficient (Wildman–Crippen LogP) is 2.34. The second-order valence-electron chi connectivity index (χ2n) is 4.91. The maximum Gasteiger partial charge on any atom is 0.268 e. The molecule has 1 aromatic rings. The maximum atomic E-state index is 12.0. The molecular formula is C15H17ClN2O2. The molecule has 1 heterocycles. The minimum absolute atomic E-state index is 0.0980. The van der Waals surface area contributed by atoms with Crippen molar-refractivity contribution in [2.45, 2.75) is 26.3 Å². The average molecular weight is 293 g/mol. The quantitative estimate of drug-likeness (QED) is 0.840. The van der Waals surface area contributed by atoms with Crippen LogP contribution < -0.4 is 10.6 Å². The Kier molecular flexibility index (Phi) is 4.45. The molecule has 1 aliphatic rings. The average Bonchev–Trinajstić information content (AvgIpc) is 2.44. The monoisotopic (exact) mass is 292 g/mol. The van der Waals surface area contributed by atoms with Gasteiger partial charge in [-0.2, -0.15) is 0 Å². The molecule has 0 bridgehead atoms. The van der Waals surface area contributed by atoms with E-state index in [1.807, 2.05) is 26.0 Å². The van der Waals surface area contributed by atoms with Crippen LogP contribution in [-0.2, 0) is 9.59 Å². The zero-order chi connectivity index (χ0) is 14.7. The summed E-state index contributed by atoms with van der Waals surface area (Å²) in [6, 6.07) is 6.68. The highest BCUT2D eigenvalue weighted by Gasteiger charge is 2.32. The van der Waals surface area contributed by atoms with E-state index >= 15 is 0 Å². The SMILES string of the molecule is CC[C@@H](C)[C@@H]1NC(=O)C(=Cc2ccccc2Cl)NC1=O. The smallest absolute Gasteiger partial charge is 0.268 e. The first-order valence-corrected chi connectivity index (χ1v) is 6.98. The van der Waals surface area contributed by atoms with Crippen LogP contribution in [0.15, 0.2) is 30.0 Å². The number of carbonyl (C=O) groups is 2. The molecule has 1 aliphatic heterocycles. The van der Waals surface area contributed by atoms with Crippen molar-refractivity contribution in [3.8, 4) is 0 Å². The fourth-order valence-electron chi connectivity index (χ4n) is 2.04. The highest BCUT2D eigenvalue weighted by molar-refractivity contribution is 6.32. The van der Waals surface area contributed by atoms with E-state index in [0.717, 1.165) is 6.42 Å². The molecule has 0 spiro atoms. The largest absolute Gasteiger partial charge is 0.339 e. The molecule has 20 heavy (non-hydrogen) atoms. The van der Waals surface area contributed by atoms with E-state index in [2.05, 4.69) is 10.6 Å². The summed E-state index contributed by atoms with van der Waals surface area (Å²) in [5, 5.41) is 5.94. The number of benzene rings is 1. The molecule has 2 rings (SSSR count). The van der Waals surface area contributed by atoms with Crippen molar-refractivity contribution in [1.82, 2.24) is 10.6 Å². The number of piperazine rings is 1. The van der Waals surface area contributed by atoms with Crippen LogP contribution in [0.2, 0.25) is 5.02 Å². The molecule has 0 saturated carbocycles. The van der Waals surface area contributed by atoms with Gasteiger partial charge in [0.15, 0.2) is 0 Å². The number of nitrogens with one attached hydrogen (secondary N) is 2. The van der Waals surface area contributed by atoms with E-state index in [1.165, 1.54) is 0 Å². The van der Waals surface area contributed by atoms with Crippen molar-refractivity contribution in [1.29, 1.82) is 0 Å². The van der Waals surface area contributed by atoms with Gasteiger partial charge in [0.25, 0.3) is 5.91 Å². The Morgan fingerprint density at radius 1 is 1.35 bits per heavy atom. The van der Waals surface area contributed by atoms with Gasteiger partial charge in [-0.25, -0.2) is 0 Å². The van der Waals surface area contributed by atoms with Crippen LogP contribution in [0.1, 0.15) is 25.8 Å². The summed E-state index contributed by atoms with van der Waals surface area (Å²) in [5.74, 6) is -0.368. The van der Waals surface area contributed by atoms with Crippen molar-refractivity contribution in [3.05, 3.63) is 40.5 Å². The van der Waals surface area contributed by atoms with Gasteiger partial charge in [0.2, 0.25) is 5.91 Å². The molecule has 2 N–H and O–H groups in total. The lowest BCUT2D eigenvalue weighted by Gasteiger charge is -2.28. The van der Waals surface area contributed by atoms with E-state index < -0.39 is 6.04 Å². The van der Waals surface area contributed by atoms with Crippen LogP contribution in [0.5, 0.6) is 0 Å². The van der Waals surface area contributed by atoms with E-state index in [-0.39, 0.29) is 23.4 Å². The fourth-order valence-corrected chi connectivity index (χ4v) is 2.23. The minimum atomic E-state index is -0.476. The molecule has 1 fully saturated rings. The summed E-state index contributed by atoms with van der Waals surface area (Å²) in [4.78, 5) is 24.1. The first kappa shape index (κ1) is 14.6. The molecule has 4 nitrogen and oxygen atoms in total. The van der Waals surface area contributed by atoms with Gasteiger partial charge in [-0.1, -0.05) is 50.1 Å². The molecule has 2 amide bonds. The Labute approximate surface area is 123 Å². The maximum absolute atomic E-state index is 12.0. The third-order valence-corrected chi connectivity index (χ3v) is 3.83. The third-order valence-electron chi connectivity index (χ3n) is 3.49. The second kappa shape index (κ2) is 6.09. The van der Waals surface area contributed by atoms with E-state index in [9.17, 15) is 9.59 Å². The molecule has 0 aliphatic carbocycles. The highest BCUT2D eigenvalue weighted by atomic mass is 35.5. The molecule has 0 radical (unpaired) electrons. The van der Waals surface area contributed by atoms with Crippen LogP contribution in [0.25, 0.3) is 6.08 Å². The minimum Gasteiger partial charge on any atom is -0.339 e. The Morgan fingerprint density at radius 2 is 2.05 bits per heavy atom. The van der Waals surface area contributed by atoms with Gasteiger partial charge < -0.3 is 10.6 Å². The Hall–Kier alpha value is -1.81. The number of hydrogen-bond acceptors (Lipinski definition) is 2. The van der Waals surface area contributed by atoms with Gasteiger partial charge in [-0.05, 0) is 23.6 Å². The van der Waals surface area contributed by atoms with Crippen LogP contribution >= 0.6 is 11.6 Å². The first-order chi connectivity index (χ1) is 9.52. The van der Waals surface area contributed by atoms with Gasteiger partial charge in [0.05, 0.1) is 0 Å². The van der Waals surface area contributed by atoms with Gasteiger partial charge in [0.1, 0.15) is 11.7 Å². The second-order valence-corrected chi connectivity index (χ2v) is 5.31. The Morgan fingerprint density at radius 3 is 2.70 bits per heavy atom. The first-order valence-electron chi connectivity index (χ1n) is 6.61. The summed E-state index contributed by atoms with van der Waals surface area (Å²) in [5.41, 5.74) is 0.921. The number of hydrogen-bond donors (Lipinski definition) is 2. The van der Waals surface area contributed by atoms with Gasteiger partial charge in [-0.3, -0.25) is 9.59 Å². The third kappa shape index (κ3) is 3.02. The van der Waals surface area contributed by atoms with Crippen LogP contribution in [0.3, 0.4) is 0 Å². The molecule has 0 aromatic heterocycles. The zero-order valence-electron chi connectivity index (χ0n) is 11.4. The normalized spacial score (nSPS) is 22.4. The van der Waals surface area contributed by atoms with Crippen LogP contribution in [-0.4, -0.2) is 17.9 Å². The number of amides is 2. The Bertz CT molecular complexity index is 569. The standard InChI is InChI=1S/C15H17ClN2O2/c1-3-9(2)13-15(20)17-12(14(19)18-13)8-10-6-4-5-7-11(10)16/h4-9,13H,3H2,1-2H3,(H,17,20)(H,18,19)/t9-,13+/m1/s1. The van der Waals surface area contributed by atoms with Crippen molar-refractivity contribution in [3.63, 3.8) is 0 Å². The lowest BCUT2D eigenvalue weighted by molar-refractivity contribution is -0.132. The van der Waals surface area contributed by atoms with E-state index in [4.69, 9.17) is 11.6 Å². The molecule has 106 valence electrons. The van der Waals surface area contributed by atoms with Crippen molar-refractivity contribution < 1.29 is 9.59 Å². The lowest BCUT2D eigenvalue weighted by atomic mass is 9.96. The summed E-state index contributed by atoms with van der Waals surface area (Å²) in [6.45, 7) is 3.92. The molecule has 1 saturated heterocycles. The molecule has 0 unspecified atom stereocenters. The highest BCUT2D eigenvalue weighted by Crippen LogP contribution is 2.19. The number of rotatable bonds is 3.